The summed E-state index contributed by atoms with van der Waals surface area (Å²) in [6, 6.07) is 9.88. The van der Waals surface area contributed by atoms with E-state index in [1.54, 1.807) is 0 Å². The van der Waals surface area contributed by atoms with E-state index in [0.29, 0.717) is 0 Å². The first-order valence-corrected chi connectivity index (χ1v) is 8.59. The zero-order valence-electron chi connectivity index (χ0n) is 7.72. The first kappa shape index (κ1) is 11.1. The van der Waals surface area contributed by atoms with Gasteiger partial charge in [-0.1, -0.05) is 30.3 Å². The summed E-state index contributed by atoms with van der Waals surface area (Å²) in [6.07, 6.45) is -0.180. The van der Waals surface area contributed by atoms with Crippen LogP contribution in [0.5, 0.6) is 0 Å². The van der Waals surface area contributed by atoms with E-state index in [0.717, 1.165) is 5.46 Å². The third-order valence-electron chi connectivity index (χ3n) is 1.56. The summed E-state index contributed by atoms with van der Waals surface area (Å²) < 4.78 is 0. The van der Waals surface area contributed by atoms with Crippen LogP contribution in [0.4, 0.5) is 0 Å². The Hall–Kier alpha value is 0.0418. The Kier molecular flexibility index (Phi) is 3.86. The molecule has 0 bridgehead atoms. The molecule has 0 spiro atoms. The molecule has 0 fully saturated rings. The molecule has 1 aromatic rings. The third-order valence-corrected chi connectivity index (χ3v) is 3.41. The van der Waals surface area contributed by atoms with Crippen LogP contribution >= 0.6 is 22.5 Å². The molecule has 0 radical (unpaired) electrons. The molecule has 70 valence electrons. The predicted octanol–water partition coefficient (Wildman–Crippen LogP) is 2.15. The third kappa shape index (κ3) is 4.18. The lowest BCUT2D eigenvalue weighted by molar-refractivity contribution is 1.47. The monoisotopic (exact) mass is 231 g/mol. The van der Waals surface area contributed by atoms with E-state index in [1.165, 1.54) is 0 Å². The zero-order chi connectivity index (χ0) is 9.90. The molecule has 1 nitrogen and oxygen atoms in total. The summed E-state index contributed by atoms with van der Waals surface area (Å²) in [5, 5.41) is 0. The number of rotatable bonds is 3. The van der Waals surface area contributed by atoms with Gasteiger partial charge in [0.2, 0.25) is 7.55 Å². The van der Waals surface area contributed by atoms with Crippen LogP contribution in [0, 0.1) is 0 Å². The minimum absolute atomic E-state index is 0.180. The summed E-state index contributed by atoms with van der Waals surface area (Å²) in [4.78, 5) is 3.21. The lowest BCUT2D eigenvalue weighted by atomic mass is 9.83. The van der Waals surface area contributed by atoms with Crippen LogP contribution in [-0.4, -0.2) is 13.8 Å². The molecule has 0 unspecified atom stereocenters. The highest BCUT2D eigenvalue weighted by Gasteiger charge is 2.24. The minimum Gasteiger partial charge on any atom is -0.349 e. The Balaban J connectivity index is 2.64. The standard InChI is InChI=1S/C8H12BCl2NSi/c1-13(2,11)12-9(10)8-6-4-3-5-7-8/h3-7,12H,1-2H3. The Morgan fingerprint density at radius 2 is 1.77 bits per heavy atom. The highest BCUT2D eigenvalue weighted by molar-refractivity contribution is 7.26. The highest BCUT2D eigenvalue weighted by Crippen LogP contribution is 2.04. The van der Waals surface area contributed by atoms with Crippen LogP contribution in [0.3, 0.4) is 0 Å². The zero-order valence-corrected chi connectivity index (χ0v) is 10.2. The Morgan fingerprint density at radius 1 is 1.23 bits per heavy atom. The van der Waals surface area contributed by atoms with Gasteiger partial charge in [-0.3, -0.25) is 0 Å². The van der Waals surface area contributed by atoms with Crippen LogP contribution in [0.25, 0.3) is 0 Å². The molecular formula is C8H12BCl2NSi. The molecule has 0 aliphatic rings. The lowest BCUT2D eigenvalue weighted by Crippen LogP contribution is -2.52. The van der Waals surface area contributed by atoms with E-state index in [4.69, 9.17) is 22.5 Å². The van der Waals surface area contributed by atoms with E-state index in [-0.39, 0.29) is 6.26 Å². The van der Waals surface area contributed by atoms with E-state index in [1.807, 2.05) is 43.4 Å². The van der Waals surface area contributed by atoms with Crippen molar-refractivity contribution in [1.82, 2.24) is 4.89 Å². The molecular weight excluding hydrogens is 220 g/mol. The molecule has 0 atom stereocenters. The maximum absolute atomic E-state index is 6.13. The molecule has 0 aliphatic carbocycles. The van der Waals surface area contributed by atoms with Crippen molar-refractivity contribution in [3.8, 4) is 0 Å². The van der Waals surface area contributed by atoms with Gasteiger partial charge >= 0.3 is 6.26 Å². The molecule has 0 saturated carbocycles. The van der Waals surface area contributed by atoms with Gasteiger partial charge in [0.25, 0.3) is 0 Å². The second-order valence-electron chi connectivity index (χ2n) is 3.39. The quantitative estimate of drug-likeness (QED) is 0.621. The first-order chi connectivity index (χ1) is 5.99. The molecule has 1 aromatic carbocycles. The van der Waals surface area contributed by atoms with Gasteiger partial charge in [0, 0.05) is 0 Å². The van der Waals surface area contributed by atoms with E-state index in [9.17, 15) is 0 Å². The minimum atomic E-state index is -1.81. The lowest BCUT2D eigenvalue weighted by Gasteiger charge is -2.17. The van der Waals surface area contributed by atoms with Crippen LogP contribution in [-0.2, 0) is 0 Å². The largest absolute Gasteiger partial charge is 0.356 e. The smallest absolute Gasteiger partial charge is 0.349 e. The van der Waals surface area contributed by atoms with Crippen molar-refractivity contribution in [2.45, 2.75) is 13.1 Å². The van der Waals surface area contributed by atoms with Crippen LogP contribution in [0.2, 0.25) is 13.1 Å². The molecule has 0 amide bonds. The number of hydrogen-bond donors (Lipinski definition) is 1. The molecule has 0 heterocycles. The van der Waals surface area contributed by atoms with Crippen LogP contribution in [0.1, 0.15) is 0 Å². The van der Waals surface area contributed by atoms with Gasteiger partial charge in [-0.2, -0.15) is 11.5 Å². The van der Waals surface area contributed by atoms with Crippen LogP contribution in [0.15, 0.2) is 30.3 Å². The summed E-state index contributed by atoms with van der Waals surface area (Å²) in [5.41, 5.74) is 1.06. The van der Waals surface area contributed by atoms with E-state index in [2.05, 4.69) is 4.89 Å². The molecule has 0 aromatic heterocycles. The molecule has 1 N–H and O–H groups in total. The molecule has 5 heteroatoms. The van der Waals surface area contributed by atoms with Gasteiger partial charge in [-0.25, -0.2) is 0 Å². The summed E-state index contributed by atoms with van der Waals surface area (Å²) in [6.45, 7) is 4.01. The van der Waals surface area contributed by atoms with Gasteiger partial charge < -0.3 is 4.89 Å². The number of nitrogens with one attached hydrogen (secondary N) is 1. The van der Waals surface area contributed by atoms with Crippen molar-refractivity contribution < 1.29 is 0 Å². The molecule has 13 heavy (non-hydrogen) atoms. The maximum atomic E-state index is 6.13. The Bertz CT molecular complexity index is 263. The number of benzene rings is 1. The second kappa shape index (κ2) is 4.51. The van der Waals surface area contributed by atoms with Crippen molar-refractivity contribution in [3.05, 3.63) is 30.3 Å². The van der Waals surface area contributed by atoms with Crippen molar-refractivity contribution in [1.29, 1.82) is 0 Å². The Labute approximate surface area is 90.2 Å². The van der Waals surface area contributed by atoms with Crippen LogP contribution < -0.4 is 10.4 Å². The SMILES string of the molecule is C[Si](C)(Cl)NB(Cl)c1ccccc1. The van der Waals surface area contributed by atoms with Gasteiger partial charge in [0.05, 0.1) is 0 Å². The van der Waals surface area contributed by atoms with Gasteiger partial charge in [0.1, 0.15) is 0 Å². The predicted molar refractivity (Wildman–Crippen MR) is 64.2 cm³/mol. The topological polar surface area (TPSA) is 12.0 Å². The first-order valence-electron chi connectivity index (χ1n) is 4.15. The summed E-state index contributed by atoms with van der Waals surface area (Å²) in [5.74, 6) is 0. The fourth-order valence-corrected chi connectivity index (χ4v) is 3.23. The van der Waals surface area contributed by atoms with Gasteiger partial charge in [-0.05, 0) is 18.6 Å². The van der Waals surface area contributed by atoms with E-state index < -0.39 is 7.55 Å². The number of halogens is 2. The average molecular weight is 232 g/mol. The molecule has 0 aliphatic heterocycles. The fraction of sp³-hybridized carbons (Fsp3) is 0.250. The summed E-state index contributed by atoms with van der Waals surface area (Å²) >= 11 is 12.3. The molecule has 0 saturated heterocycles. The number of hydrogen-bond acceptors (Lipinski definition) is 1. The molecule has 1 rings (SSSR count). The second-order valence-corrected chi connectivity index (χ2v) is 9.89. The summed E-state index contributed by atoms with van der Waals surface area (Å²) in [7, 11) is -1.81. The highest BCUT2D eigenvalue weighted by atomic mass is 35.6. The van der Waals surface area contributed by atoms with E-state index >= 15 is 0 Å². The van der Waals surface area contributed by atoms with Crippen molar-refractivity contribution in [3.63, 3.8) is 0 Å². The normalized spacial score (nSPS) is 11.4. The van der Waals surface area contributed by atoms with Crippen molar-refractivity contribution in [2.75, 3.05) is 0 Å². The van der Waals surface area contributed by atoms with Crippen molar-refractivity contribution >= 4 is 41.8 Å². The Morgan fingerprint density at radius 3 is 2.23 bits per heavy atom. The van der Waals surface area contributed by atoms with Crippen molar-refractivity contribution in [2.24, 2.45) is 0 Å². The fourth-order valence-electron chi connectivity index (χ4n) is 1.01. The van der Waals surface area contributed by atoms with Gasteiger partial charge in [0.15, 0.2) is 0 Å². The van der Waals surface area contributed by atoms with Gasteiger partial charge in [-0.15, -0.1) is 11.1 Å². The average Bonchev–Trinajstić information content (AvgIpc) is 2.03. The maximum Gasteiger partial charge on any atom is 0.356 e.